The molecule has 1 amide bonds. The molecule has 0 radical (unpaired) electrons. The van der Waals surface area contributed by atoms with Crippen LogP contribution < -0.4 is 10.2 Å². The van der Waals surface area contributed by atoms with Gasteiger partial charge in [0.25, 0.3) is 0 Å². The number of halogens is 3. The molecule has 29 heavy (non-hydrogen) atoms. The standard InChI is InChI=1S/C21H27F3N4O/c1-4-27(5-2)17-10-8-16(9-11-17)25-20(29)14(3)13-28-18(15-6-7-15)12-19(26-28)21(22,23)24/h8-12,14-15H,4-7,13H2,1-3H3,(H,25,29). The van der Waals surface area contributed by atoms with Crippen molar-refractivity contribution >= 4 is 17.3 Å². The van der Waals surface area contributed by atoms with E-state index in [1.807, 2.05) is 24.3 Å². The number of alkyl halides is 3. The van der Waals surface area contributed by atoms with Gasteiger partial charge in [-0.3, -0.25) is 9.48 Å². The van der Waals surface area contributed by atoms with Gasteiger partial charge in [0.1, 0.15) is 0 Å². The number of carbonyl (C=O) groups is 1. The molecule has 2 aromatic rings. The van der Waals surface area contributed by atoms with Gasteiger partial charge in [-0.15, -0.1) is 0 Å². The summed E-state index contributed by atoms with van der Waals surface area (Å²) in [6, 6.07) is 8.69. The van der Waals surface area contributed by atoms with Crippen molar-refractivity contribution in [1.29, 1.82) is 0 Å². The molecule has 1 aromatic carbocycles. The van der Waals surface area contributed by atoms with E-state index in [0.717, 1.165) is 37.7 Å². The molecular weight excluding hydrogens is 381 g/mol. The SMILES string of the molecule is CCN(CC)c1ccc(NC(=O)C(C)Cn2nc(C(F)(F)F)cc2C2CC2)cc1. The molecule has 0 aliphatic heterocycles. The zero-order valence-electron chi connectivity index (χ0n) is 17.0. The third kappa shape index (κ3) is 5.10. The van der Waals surface area contributed by atoms with Gasteiger partial charge in [-0.25, -0.2) is 0 Å². The lowest BCUT2D eigenvalue weighted by molar-refractivity contribution is -0.141. The second kappa shape index (κ2) is 8.47. The number of rotatable bonds is 8. The van der Waals surface area contributed by atoms with Crippen molar-refractivity contribution in [2.24, 2.45) is 5.92 Å². The van der Waals surface area contributed by atoms with Crippen molar-refractivity contribution in [2.45, 2.75) is 52.3 Å². The zero-order valence-corrected chi connectivity index (χ0v) is 17.0. The summed E-state index contributed by atoms with van der Waals surface area (Å²) in [4.78, 5) is 14.8. The average Bonchev–Trinajstić information content (AvgIpc) is 3.43. The van der Waals surface area contributed by atoms with Crippen molar-refractivity contribution < 1.29 is 18.0 Å². The average molecular weight is 408 g/mol. The maximum Gasteiger partial charge on any atom is 0.435 e. The molecule has 1 N–H and O–H groups in total. The molecule has 0 spiro atoms. The van der Waals surface area contributed by atoms with Crippen LogP contribution >= 0.6 is 0 Å². The molecule has 1 aliphatic rings. The number of hydrogen-bond acceptors (Lipinski definition) is 3. The second-order valence-corrected chi connectivity index (χ2v) is 7.52. The molecule has 158 valence electrons. The lowest BCUT2D eigenvalue weighted by atomic mass is 10.1. The van der Waals surface area contributed by atoms with Gasteiger partial charge in [0, 0.05) is 36.1 Å². The van der Waals surface area contributed by atoms with Crippen LogP contribution in [0.2, 0.25) is 0 Å². The van der Waals surface area contributed by atoms with Crippen LogP contribution in [-0.4, -0.2) is 28.8 Å². The quantitative estimate of drug-likeness (QED) is 0.676. The van der Waals surface area contributed by atoms with Crippen LogP contribution in [0.5, 0.6) is 0 Å². The van der Waals surface area contributed by atoms with Crippen LogP contribution in [-0.2, 0) is 17.5 Å². The third-order valence-electron chi connectivity index (χ3n) is 5.25. The number of nitrogens with zero attached hydrogens (tertiary/aromatic N) is 3. The maximum absolute atomic E-state index is 13.0. The Balaban J connectivity index is 1.66. The molecule has 3 rings (SSSR count). The topological polar surface area (TPSA) is 50.2 Å². The van der Waals surface area contributed by atoms with E-state index >= 15 is 0 Å². The highest BCUT2D eigenvalue weighted by molar-refractivity contribution is 5.92. The van der Waals surface area contributed by atoms with Crippen LogP contribution in [0.15, 0.2) is 30.3 Å². The van der Waals surface area contributed by atoms with E-state index < -0.39 is 17.8 Å². The fourth-order valence-electron chi connectivity index (χ4n) is 3.38. The molecule has 1 aromatic heterocycles. The van der Waals surface area contributed by atoms with E-state index in [-0.39, 0.29) is 18.4 Å². The number of carbonyl (C=O) groups excluding carboxylic acids is 1. The molecule has 1 atom stereocenters. The molecule has 8 heteroatoms. The number of amides is 1. The summed E-state index contributed by atoms with van der Waals surface area (Å²) in [5.74, 6) is -0.649. The lowest BCUT2D eigenvalue weighted by Crippen LogP contribution is -2.26. The second-order valence-electron chi connectivity index (χ2n) is 7.52. The number of nitrogens with one attached hydrogen (secondary N) is 1. The molecule has 1 unspecified atom stereocenters. The van der Waals surface area contributed by atoms with Crippen LogP contribution in [0.4, 0.5) is 24.5 Å². The summed E-state index contributed by atoms with van der Waals surface area (Å²) in [5.41, 5.74) is 1.42. The molecule has 0 bridgehead atoms. The van der Waals surface area contributed by atoms with Gasteiger partial charge >= 0.3 is 6.18 Å². The third-order valence-corrected chi connectivity index (χ3v) is 5.25. The molecule has 0 saturated heterocycles. The van der Waals surface area contributed by atoms with Crippen molar-refractivity contribution in [2.75, 3.05) is 23.3 Å². The Kier molecular flexibility index (Phi) is 6.19. The first kappa shape index (κ1) is 21.2. The summed E-state index contributed by atoms with van der Waals surface area (Å²) in [6.45, 7) is 7.77. The van der Waals surface area contributed by atoms with Gasteiger partial charge in [0.05, 0.1) is 12.5 Å². The molecule has 1 fully saturated rings. The number of hydrogen-bond donors (Lipinski definition) is 1. The predicted octanol–water partition coefficient (Wildman–Crippen LogP) is 4.90. The van der Waals surface area contributed by atoms with Gasteiger partial charge < -0.3 is 10.2 Å². The Hall–Kier alpha value is -2.51. The van der Waals surface area contributed by atoms with E-state index in [1.165, 1.54) is 4.68 Å². The van der Waals surface area contributed by atoms with Gasteiger partial charge in [0.2, 0.25) is 5.91 Å². The largest absolute Gasteiger partial charge is 0.435 e. The fraction of sp³-hybridized carbons (Fsp3) is 0.524. The first-order chi connectivity index (χ1) is 13.7. The summed E-state index contributed by atoms with van der Waals surface area (Å²) in [7, 11) is 0. The normalized spacial score (nSPS) is 15.2. The first-order valence-corrected chi connectivity index (χ1v) is 10.0. The smallest absolute Gasteiger partial charge is 0.372 e. The van der Waals surface area contributed by atoms with Crippen LogP contribution in [0.3, 0.4) is 0 Å². The Bertz CT molecular complexity index is 837. The van der Waals surface area contributed by atoms with E-state index in [1.54, 1.807) is 6.92 Å². The minimum atomic E-state index is -4.48. The van der Waals surface area contributed by atoms with Crippen molar-refractivity contribution in [1.82, 2.24) is 9.78 Å². The van der Waals surface area contributed by atoms with Gasteiger partial charge in [-0.05, 0) is 57.0 Å². The highest BCUT2D eigenvalue weighted by Gasteiger charge is 2.38. The monoisotopic (exact) mass is 408 g/mol. The Morgan fingerprint density at radius 3 is 2.38 bits per heavy atom. The molecule has 1 saturated carbocycles. The van der Waals surface area contributed by atoms with E-state index in [0.29, 0.717) is 11.4 Å². The first-order valence-electron chi connectivity index (χ1n) is 10.0. The Morgan fingerprint density at radius 1 is 1.24 bits per heavy atom. The summed E-state index contributed by atoms with van der Waals surface area (Å²) in [6.07, 6.45) is -2.75. The Labute approximate surface area is 168 Å². The van der Waals surface area contributed by atoms with Crippen molar-refractivity contribution in [3.05, 3.63) is 41.7 Å². The summed E-state index contributed by atoms with van der Waals surface area (Å²) < 4.78 is 40.4. The molecule has 1 heterocycles. The van der Waals surface area contributed by atoms with Crippen LogP contribution in [0, 0.1) is 5.92 Å². The van der Waals surface area contributed by atoms with Crippen LogP contribution in [0.1, 0.15) is 50.9 Å². The minimum absolute atomic E-state index is 0.112. The minimum Gasteiger partial charge on any atom is -0.372 e. The highest BCUT2D eigenvalue weighted by atomic mass is 19.4. The van der Waals surface area contributed by atoms with E-state index in [4.69, 9.17) is 0 Å². The van der Waals surface area contributed by atoms with Crippen molar-refractivity contribution in [3.8, 4) is 0 Å². The fourth-order valence-corrected chi connectivity index (χ4v) is 3.38. The lowest BCUT2D eigenvalue weighted by Gasteiger charge is -2.21. The summed E-state index contributed by atoms with van der Waals surface area (Å²) in [5, 5.41) is 6.57. The van der Waals surface area contributed by atoms with Gasteiger partial charge in [-0.2, -0.15) is 18.3 Å². The van der Waals surface area contributed by atoms with Gasteiger partial charge in [0.15, 0.2) is 5.69 Å². The molecule has 1 aliphatic carbocycles. The number of benzene rings is 1. The summed E-state index contributed by atoms with van der Waals surface area (Å²) >= 11 is 0. The number of aromatic nitrogens is 2. The van der Waals surface area contributed by atoms with Crippen molar-refractivity contribution in [3.63, 3.8) is 0 Å². The van der Waals surface area contributed by atoms with E-state index in [2.05, 4.69) is 29.2 Å². The predicted molar refractivity (Wildman–Crippen MR) is 107 cm³/mol. The Morgan fingerprint density at radius 2 is 1.86 bits per heavy atom. The van der Waals surface area contributed by atoms with Crippen LogP contribution in [0.25, 0.3) is 0 Å². The molecular formula is C21H27F3N4O. The van der Waals surface area contributed by atoms with E-state index in [9.17, 15) is 18.0 Å². The van der Waals surface area contributed by atoms with Gasteiger partial charge in [-0.1, -0.05) is 6.92 Å². The maximum atomic E-state index is 13.0. The zero-order chi connectivity index (χ0) is 21.2. The highest BCUT2D eigenvalue weighted by Crippen LogP contribution is 2.42. The number of anilines is 2. The molecule has 5 nitrogen and oxygen atoms in total.